The molecule has 0 amide bonds. The Morgan fingerprint density at radius 1 is 1.53 bits per heavy atom. The van der Waals surface area contributed by atoms with Crippen LogP contribution in [0.5, 0.6) is 0 Å². The van der Waals surface area contributed by atoms with E-state index in [2.05, 4.69) is 4.94 Å². The Morgan fingerprint density at radius 2 is 2.27 bits per heavy atom. The third-order valence-electron chi connectivity index (χ3n) is 1.82. The summed E-state index contributed by atoms with van der Waals surface area (Å²) in [6.07, 6.45) is 0.195. The number of benzene rings is 1. The van der Waals surface area contributed by atoms with Gasteiger partial charge >= 0.3 is 5.97 Å². The van der Waals surface area contributed by atoms with Gasteiger partial charge in [-0.3, -0.25) is 10.1 Å². The van der Waals surface area contributed by atoms with Crippen LogP contribution in [0.25, 0.3) is 0 Å². The Hall–Kier alpha value is -1.98. The second kappa shape index (κ2) is 5.04. The molecule has 0 bridgehead atoms. The second-order valence-corrected chi connectivity index (χ2v) is 2.87. The molecule has 0 fully saturated rings. The van der Waals surface area contributed by atoms with E-state index in [9.17, 15) is 19.4 Å². The molecule has 0 N–H and O–H groups in total. The van der Waals surface area contributed by atoms with E-state index in [0.29, 0.717) is 5.56 Å². The lowest BCUT2D eigenvalue weighted by Gasteiger charge is -1.99. The molecule has 1 aromatic carbocycles. The van der Waals surface area contributed by atoms with Crippen LogP contribution in [0.15, 0.2) is 24.3 Å². The van der Waals surface area contributed by atoms with Crippen molar-refractivity contribution in [3.05, 3.63) is 45.5 Å². The summed E-state index contributed by atoms with van der Waals surface area (Å²) in [5.41, 5.74) is 0.632. The van der Waals surface area contributed by atoms with E-state index in [-0.39, 0.29) is 18.5 Å². The van der Waals surface area contributed by atoms with Crippen LogP contribution in [0.3, 0.4) is 0 Å². The molecule has 15 heavy (non-hydrogen) atoms. The lowest BCUT2D eigenvalue weighted by Crippen LogP contribution is -2.05. The number of halogens is 1. The van der Waals surface area contributed by atoms with Gasteiger partial charge in [0.05, 0.1) is 5.56 Å². The van der Waals surface area contributed by atoms with Crippen LogP contribution in [0.2, 0.25) is 0 Å². The number of hydrogen-bond donors (Lipinski definition) is 0. The minimum absolute atomic E-state index is 0.0401. The van der Waals surface area contributed by atoms with Gasteiger partial charge in [-0.25, -0.2) is 9.74 Å². The average Bonchev–Trinajstić information content (AvgIpc) is 2.25. The highest BCUT2D eigenvalue weighted by atomic mass is 19.3. The van der Waals surface area contributed by atoms with Gasteiger partial charge in [0, 0.05) is 15.9 Å². The predicted molar refractivity (Wildman–Crippen MR) is 48.5 cm³/mol. The van der Waals surface area contributed by atoms with E-state index in [1.54, 1.807) is 6.07 Å². The standard InChI is InChI=1S/C9H8FNO4/c10-15-9(12)8-3-1-2-7(6-8)4-5-11(13)14/h1-3,6H,4-5H2. The lowest BCUT2D eigenvalue weighted by atomic mass is 10.1. The summed E-state index contributed by atoms with van der Waals surface area (Å²) < 4.78 is 11.6. The minimum Gasteiger partial charge on any atom is -0.265 e. The molecule has 1 rings (SSSR count). The summed E-state index contributed by atoms with van der Waals surface area (Å²) in [5.74, 6) is -1.10. The minimum atomic E-state index is -1.10. The molecule has 0 aromatic heterocycles. The second-order valence-electron chi connectivity index (χ2n) is 2.87. The fraction of sp³-hybridized carbons (Fsp3) is 0.222. The zero-order valence-electron chi connectivity index (χ0n) is 7.68. The highest BCUT2D eigenvalue weighted by molar-refractivity contribution is 5.89. The summed E-state index contributed by atoms with van der Waals surface area (Å²) in [7, 11) is 0. The number of carbonyl (C=O) groups is 1. The fourth-order valence-electron chi connectivity index (χ4n) is 1.12. The van der Waals surface area contributed by atoms with E-state index in [1.165, 1.54) is 18.2 Å². The fourth-order valence-corrected chi connectivity index (χ4v) is 1.12. The third-order valence-corrected chi connectivity index (χ3v) is 1.82. The van der Waals surface area contributed by atoms with Crippen LogP contribution in [0, 0.1) is 10.1 Å². The van der Waals surface area contributed by atoms with Crippen molar-refractivity contribution in [1.29, 1.82) is 0 Å². The van der Waals surface area contributed by atoms with Crippen LogP contribution in [0.1, 0.15) is 15.9 Å². The molecule has 0 aliphatic carbocycles. The molecule has 0 spiro atoms. The zero-order chi connectivity index (χ0) is 11.3. The monoisotopic (exact) mass is 213 g/mol. The quantitative estimate of drug-likeness (QED) is 0.562. The van der Waals surface area contributed by atoms with Crippen LogP contribution < -0.4 is 0 Å². The highest BCUT2D eigenvalue weighted by Gasteiger charge is 2.08. The molecular formula is C9H8FNO4. The highest BCUT2D eigenvalue weighted by Crippen LogP contribution is 2.07. The Kier molecular flexibility index (Phi) is 3.73. The third kappa shape index (κ3) is 3.34. The molecule has 0 atom stereocenters. The summed E-state index contributed by atoms with van der Waals surface area (Å²) in [6.45, 7) is -0.228. The van der Waals surface area contributed by atoms with Crippen molar-refractivity contribution in [1.82, 2.24) is 0 Å². The Labute approximate surface area is 84.5 Å². The summed E-state index contributed by atoms with van der Waals surface area (Å²) in [5, 5.41) is 10.1. The van der Waals surface area contributed by atoms with Gasteiger partial charge in [0.1, 0.15) is 0 Å². The van der Waals surface area contributed by atoms with Crippen molar-refractivity contribution in [2.75, 3.05) is 6.54 Å². The van der Waals surface area contributed by atoms with E-state index in [0.717, 1.165) is 0 Å². The summed E-state index contributed by atoms with van der Waals surface area (Å²) >= 11 is 0. The molecule has 6 heteroatoms. The predicted octanol–water partition coefficient (Wildman–Crippen LogP) is 1.55. The van der Waals surface area contributed by atoms with E-state index in [1.807, 2.05) is 0 Å². The van der Waals surface area contributed by atoms with Crippen molar-refractivity contribution in [3.8, 4) is 0 Å². The van der Waals surface area contributed by atoms with Crippen LogP contribution in [-0.4, -0.2) is 17.4 Å². The molecule has 5 nitrogen and oxygen atoms in total. The Balaban J connectivity index is 2.74. The van der Waals surface area contributed by atoms with Crippen LogP contribution in [0.4, 0.5) is 4.53 Å². The first kappa shape index (κ1) is 11.1. The van der Waals surface area contributed by atoms with E-state index < -0.39 is 10.9 Å². The molecular weight excluding hydrogens is 205 g/mol. The number of rotatable bonds is 4. The Morgan fingerprint density at radius 3 is 2.87 bits per heavy atom. The van der Waals surface area contributed by atoms with Crippen LogP contribution in [-0.2, 0) is 11.4 Å². The smallest absolute Gasteiger partial charge is 0.265 e. The molecule has 0 aliphatic heterocycles. The van der Waals surface area contributed by atoms with Gasteiger partial charge in [-0.05, 0) is 17.7 Å². The first-order valence-electron chi connectivity index (χ1n) is 4.17. The zero-order valence-corrected chi connectivity index (χ0v) is 7.68. The molecule has 0 unspecified atom stereocenters. The van der Waals surface area contributed by atoms with Gasteiger partial charge in [0.15, 0.2) is 0 Å². The molecule has 1 aromatic rings. The molecule has 0 saturated heterocycles. The molecule has 0 radical (unpaired) electrons. The maximum atomic E-state index is 11.6. The van der Waals surface area contributed by atoms with Crippen molar-refractivity contribution in [3.63, 3.8) is 0 Å². The maximum Gasteiger partial charge on any atom is 0.379 e. The molecule has 0 aliphatic rings. The lowest BCUT2D eigenvalue weighted by molar-refractivity contribution is -0.479. The van der Waals surface area contributed by atoms with E-state index >= 15 is 0 Å². The van der Waals surface area contributed by atoms with E-state index in [4.69, 9.17) is 0 Å². The largest absolute Gasteiger partial charge is 0.379 e. The van der Waals surface area contributed by atoms with Gasteiger partial charge in [0.2, 0.25) is 6.54 Å². The molecule has 0 heterocycles. The van der Waals surface area contributed by atoms with Crippen molar-refractivity contribution in [2.45, 2.75) is 6.42 Å². The van der Waals surface area contributed by atoms with Gasteiger partial charge in [0.25, 0.3) is 0 Å². The number of hydrogen-bond acceptors (Lipinski definition) is 4. The molecule has 0 saturated carbocycles. The van der Waals surface area contributed by atoms with Crippen molar-refractivity contribution >= 4 is 5.97 Å². The SMILES string of the molecule is O=C(OF)c1cccc(CC[N+](=O)[O-])c1. The van der Waals surface area contributed by atoms with Crippen molar-refractivity contribution < 1.29 is 19.2 Å². The number of nitro groups is 1. The number of nitrogens with zero attached hydrogens (tertiary/aromatic N) is 1. The Bertz CT molecular complexity index is 380. The van der Waals surface area contributed by atoms with Crippen molar-refractivity contribution in [2.24, 2.45) is 0 Å². The summed E-state index contributed by atoms with van der Waals surface area (Å²) in [4.78, 5) is 23.5. The topological polar surface area (TPSA) is 69.4 Å². The van der Waals surface area contributed by atoms with Gasteiger partial charge in [-0.1, -0.05) is 12.1 Å². The maximum absolute atomic E-state index is 11.6. The van der Waals surface area contributed by atoms with Gasteiger partial charge in [-0.15, -0.1) is 0 Å². The van der Waals surface area contributed by atoms with Gasteiger partial charge < -0.3 is 0 Å². The molecule has 80 valence electrons. The van der Waals surface area contributed by atoms with Crippen LogP contribution >= 0.6 is 0 Å². The number of carbonyl (C=O) groups excluding carboxylic acids is 1. The van der Waals surface area contributed by atoms with Gasteiger partial charge in [-0.2, -0.15) is 0 Å². The summed E-state index contributed by atoms with van der Waals surface area (Å²) in [6, 6.07) is 5.88. The average molecular weight is 213 g/mol. The first-order valence-corrected chi connectivity index (χ1v) is 4.17. The first-order chi connectivity index (χ1) is 7.13. The normalized spacial score (nSPS) is 9.67.